The minimum Gasteiger partial charge on any atom is -0.389 e. The van der Waals surface area contributed by atoms with Crippen molar-refractivity contribution < 1.29 is 5.11 Å². The molecule has 0 aromatic carbocycles. The standard InChI is InChI=1S/C19H32O/c1-15(2)18-12-11-17(4)8-5-7-16(3)9-6-10-19(20)14-13-18/h8-9,13-15,18-20H,5-7,10-12H2,1-4H3/b14-13-,16-9+,17-8+/t18-,19-/m1/s1. The molecule has 1 N–H and O–H groups in total. The molecular formula is C19H32O. The fourth-order valence-corrected chi connectivity index (χ4v) is 2.66. The SMILES string of the molecule is C/C1=C\CC[C@@H](O)/C=C\[C@H](C(C)C)CC/C(C)=C/CC1. The predicted molar refractivity (Wildman–Crippen MR) is 88.7 cm³/mol. The lowest BCUT2D eigenvalue weighted by molar-refractivity contribution is 0.212. The molecule has 20 heavy (non-hydrogen) atoms. The van der Waals surface area contributed by atoms with E-state index in [0.29, 0.717) is 11.8 Å². The van der Waals surface area contributed by atoms with Crippen molar-refractivity contribution in [2.45, 2.75) is 72.3 Å². The van der Waals surface area contributed by atoms with Gasteiger partial charge in [-0.15, -0.1) is 0 Å². The largest absolute Gasteiger partial charge is 0.389 e. The van der Waals surface area contributed by atoms with Crippen LogP contribution in [0.15, 0.2) is 35.5 Å². The van der Waals surface area contributed by atoms with Crippen LogP contribution in [0.5, 0.6) is 0 Å². The number of allylic oxidation sites excluding steroid dienone is 5. The molecule has 1 aliphatic carbocycles. The zero-order chi connectivity index (χ0) is 15.0. The highest BCUT2D eigenvalue weighted by Gasteiger charge is 2.11. The van der Waals surface area contributed by atoms with Crippen molar-refractivity contribution in [1.29, 1.82) is 0 Å². The first-order valence-corrected chi connectivity index (χ1v) is 8.16. The summed E-state index contributed by atoms with van der Waals surface area (Å²) in [4.78, 5) is 0. The second-order valence-electron chi connectivity index (χ2n) is 6.62. The van der Waals surface area contributed by atoms with E-state index >= 15 is 0 Å². The number of hydrogen-bond acceptors (Lipinski definition) is 1. The fourth-order valence-electron chi connectivity index (χ4n) is 2.66. The van der Waals surface area contributed by atoms with Crippen LogP contribution in [0.3, 0.4) is 0 Å². The van der Waals surface area contributed by atoms with Gasteiger partial charge in [0.05, 0.1) is 6.10 Å². The van der Waals surface area contributed by atoms with Crippen LogP contribution in [0.25, 0.3) is 0 Å². The van der Waals surface area contributed by atoms with Crippen molar-refractivity contribution >= 4 is 0 Å². The lowest BCUT2D eigenvalue weighted by Crippen LogP contribution is -2.08. The smallest absolute Gasteiger partial charge is 0.0724 e. The lowest BCUT2D eigenvalue weighted by atomic mass is 9.88. The van der Waals surface area contributed by atoms with Crippen molar-refractivity contribution in [3.8, 4) is 0 Å². The van der Waals surface area contributed by atoms with Gasteiger partial charge in [0.1, 0.15) is 0 Å². The molecule has 0 unspecified atom stereocenters. The summed E-state index contributed by atoms with van der Waals surface area (Å²) in [5.41, 5.74) is 2.96. The Kier molecular flexibility index (Phi) is 7.91. The van der Waals surface area contributed by atoms with Gasteiger partial charge < -0.3 is 5.11 Å². The van der Waals surface area contributed by atoms with Gasteiger partial charge in [-0.1, -0.05) is 49.3 Å². The molecule has 0 fully saturated rings. The van der Waals surface area contributed by atoms with Crippen LogP contribution in [0.2, 0.25) is 0 Å². The monoisotopic (exact) mass is 276 g/mol. The number of hydrogen-bond donors (Lipinski definition) is 1. The Hall–Kier alpha value is -0.820. The number of aliphatic hydroxyl groups is 1. The van der Waals surface area contributed by atoms with Crippen molar-refractivity contribution in [3.05, 3.63) is 35.5 Å². The molecule has 0 heterocycles. The van der Waals surface area contributed by atoms with E-state index in [9.17, 15) is 5.11 Å². The van der Waals surface area contributed by atoms with E-state index in [1.54, 1.807) is 0 Å². The van der Waals surface area contributed by atoms with Crippen LogP contribution >= 0.6 is 0 Å². The van der Waals surface area contributed by atoms with Gasteiger partial charge in [-0.05, 0) is 64.2 Å². The molecule has 0 aliphatic heterocycles. The molecule has 1 nitrogen and oxygen atoms in total. The van der Waals surface area contributed by atoms with Gasteiger partial charge in [-0.25, -0.2) is 0 Å². The van der Waals surface area contributed by atoms with E-state index in [1.165, 1.54) is 24.0 Å². The zero-order valence-corrected chi connectivity index (χ0v) is 13.7. The highest BCUT2D eigenvalue weighted by Crippen LogP contribution is 2.23. The summed E-state index contributed by atoms with van der Waals surface area (Å²) in [5, 5.41) is 10.0. The number of aliphatic hydroxyl groups excluding tert-OH is 1. The van der Waals surface area contributed by atoms with Gasteiger partial charge in [0.25, 0.3) is 0 Å². The van der Waals surface area contributed by atoms with Crippen molar-refractivity contribution in [1.82, 2.24) is 0 Å². The highest BCUT2D eigenvalue weighted by atomic mass is 16.3. The predicted octanol–water partition coefficient (Wildman–Crippen LogP) is 5.42. The molecule has 0 aromatic rings. The maximum Gasteiger partial charge on any atom is 0.0724 e. The maximum absolute atomic E-state index is 10.0. The molecule has 0 saturated heterocycles. The van der Waals surface area contributed by atoms with Crippen molar-refractivity contribution in [2.75, 3.05) is 0 Å². The molecule has 0 spiro atoms. The molecule has 1 rings (SSSR count). The molecule has 0 radical (unpaired) electrons. The Morgan fingerprint density at radius 2 is 1.60 bits per heavy atom. The second-order valence-corrected chi connectivity index (χ2v) is 6.62. The number of rotatable bonds is 1. The summed E-state index contributed by atoms with van der Waals surface area (Å²) in [6.45, 7) is 9.00. The molecular weight excluding hydrogens is 244 g/mol. The molecule has 1 aliphatic rings. The van der Waals surface area contributed by atoms with Crippen molar-refractivity contribution in [2.24, 2.45) is 11.8 Å². The topological polar surface area (TPSA) is 20.2 Å². The Morgan fingerprint density at radius 3 is 2.30 bits per heavy atom. The average Bonchev–Trinajstić information content (AvgIpc) is 2.37. The molecule has 0 bridgehead atoms. The van der Waals surface area contributed by atoms with E-state index in [0.717, 1.165) is 25.7 Å². The third-order valence-electron chi connectivity index (χ3n) is 4.30. The molecule has 0 aromatic heterocycles. The minimum atomic E-state index is -0.292. The van der Waals surface area contributed by atoms with Gasteiger partial charge in [-0.3, -0.25) is 0 Å². The Morgan fingerprint density at radius 1 is 0.950 bits per heavy atom. The Balaban J connectivity index is 2.75. The molecule has 114 valence electrons. The van der Waals surface area contributed by atoms with Crippen LogP contribution in [0, 0.1) is 11.8 Å². The summed E-state index contributed by atoms with van der Waals surface area (Å²) < 4.78 is 0. The molecule has 1 heteroatoms. The van der Waals surface area contributed by atoms with Gasteiger partial charge in [0.15, 0.2) is 0 Å². The summed E-state index contributed by atoms with van der Waals surface area (Å²) in [6.07, 6.45) is 15.1. The van der Waals surface area contributed by atoms with Crippen LogP contribution < -0.4 is 0 Å². The van der Waals surface area contributed by atoms with Crippen molar-refractivity contribution in [3.63, 3.8) is 0 Å². The molecule has 2 atom stereocenters. The maximum atomic E-state index is 10.0. The van der Waals surface area contributed by atoms with Crippen LogP contribution in [-0.4, -0.2) is 11.2 Å². The normalized spacial score (nSPS) is 33.7. The summed E-state index contributed by atoms with van der Waals surface area (Å²) >= 11 is 0. The van der Waals surface area contributed by atoms with Gasteiger partial charge >= 0.3 is 0 Å². The van der Waals surface area contributed by atoms with E-state index in [1.807, 2.05) is 6.08 Å². The van der Waals surface area contributed by atoms with E-state index in [-0.39, 0.29) is 6.10 Å². The second kappa shape index (κ2) is 9.18. The third-order valence-corrected chi connectivity index (χ3v) is 4.30. The minimum absolute atomic E-state index is 0.292. The molecule has 0 amide bonds. The summed E-state index contributed by atoms with van der Waals surface area (Å²) in [5.74, 6) is 1.22. The summed E-state index contributed by atoms with van der Waals surface area (Å²) in [6, 6.07) is 0. The highest BCUT2D eigenvalue weighted by molar-refractivity contribution is 5.06. The van der Waals surface area contributed by atoms with Crippen LogP contribution in [0.4, 0.5) is 0 Å². The summed E-state index contributed by atoms with van der Waals surface area (Å²) in [7, 11) is 0. The Bertz CT molecular complexity index is 360. The zero-order valence-electron chi connectivity index (χ0n) is 13.7. The van der Waals surface area contributed by atoms with Gasteiger partial charge in [0, 0.05) is 0 Å². The lowest BCUT2D eigenvalue weighted by Gasteiger charge is -2.18. The third kappa shape index (κ3) is 7.09. The first kappa shape index (κ1) is 17.2. The average molecular weight is 276 g/mol. The van der Waals surface area contributed by atoms with E-state index < -0.39 is 0 Å². The first-order valence-electron chi connectivity index (χ1n) is 8.16. The van der Waals surface area contributed by atoms with E-state index in [2.05, 4.69) is 45.9 Å². The fraction of sp³-hybridized carbons (Fsp3) is 0.684. The van der Waals surface area contributed by atoms with Gasteiger partial charge in [0.2, 0.25) is 0 Å². The Labute approximate surface area is 125 Å². The van der Waals surface area contributed by atoms with Crippen LogP contribution in [0.1, 0.15) is 66.2 Å². The van der Waals surface area contributed by atoms with Crippen LogP contribution in [-0.2, 0) is 0 Å². The van der Waals surface area contributed by atoms with Gasteiger partial charge in [-0.2, -0.15) is 0 Å². The molecule has 0 saturated carbocycles. The first-order chi connectivity index (χ1) is 9.49. The van der Waals surface area contributed by atoms with E-state index in [4.69, 9.17) is 0 Å². The quantitative estimate of drug-likeness (QED) is 0.634.